The van der Waals surface area contributed by atoms with Gasteiger partial charge in [0.25, 0.3) is 0 Å². The van der Waals surface area contributed by atoms with Gasteiger partial charge in [-0.15, -0.1) is 4.90 Å². The van der Waals surface area contributed by atoms with E-state index in [9.17, 15) is 0 Å². The molecule has 0 heterocycles. The summed E-state index contributed by atoms with van der Waals surface area (Å²) in [6, 6.07) is 10.3. The predicted molar refractivity (Wildman–Crippen MR) is 32.5 cm³/mol. The van der Waals surface area contributed by atoms with Gasteiger partial charge in [0.1, 0.15) is 0 Å². The van der Waals surface area contributed by atoms with E-state index >= 15 is 0 Å². The fourth-order valence-corrected chi connectivity index (χ4v) is 0.527. The van der Waals surface area contributed by atoms with E-state index in [1.807, 2.05) is 24.3 Å². The van der Waals surface area contributed by atoms with E-state index in [2.05, 4.69) is 18.7 Å². The van der Waals surface area contributed by atoms with Gasteiger partial charge in [-0.3, -0.25) is 0 Å². The van der Waals surface area contributed by atoms with Crippen LogP contribution in [0.15, 0.2) is 29.2 Å². The van der Waals surface area contributed by atoms with Crippen LogP contribution in [0.2, 0.25) is 0 Å². The number of benzene rings is 1. The Morgan fingerprint density at radius 3 is 2.00 bits per heavy atom. The van der Waals surface area contributed by atoms with E-state index in [0.29, 0.717) is 0 Å². The summed E-state index contributed by atoms with van der Waals surface area (Å²) in [6.07, 6.45) is 0. The molecule has 0 atom stereocenters. The summed E-state index contributed by atoms with van der Waals surface area (Å²) < 4.78 is 0. The van der Waals surface area contributed by atoms with Crippen molar-refractivity contribution in [2.75, 3.05) is 0 Å². The van der Waals surface area contributed by atoms with Crippen LogP contribution in [-0.2, 0) is 0 Å². The molecule has 0 fully saturated rings. The molecule has 0 bridgehead atoms. The van der Waals surface area contributed by atoms with Crippen LogP contribution in [0.25, 0.3) is 0 Å². The zero-order chi connectivity index (χ0) is 5.11. The molecule has 40 valence electrons. The fraction of sp³-hybridized carbons (Fsp3) is 0. The van der Waals surface area contributed by atoms with Crippen molar-refractivity contribution in [2.45, 2.75) is 4.90 Å². The Morgan fingerprint density at radius 1 is 1.25 bits per heavy atom. The summed E-state index contributed by atoms with van der Waals surface area (Å²) in [5.41, 5.74) is 0. The molecule has 0 N–H and O–H groups in total. The summed E-state index contributed by atoms with van der Waals surface area (Å²) in [5, 5.41) is 0. The van der Waals surface area contributed by atoms with Crippen LogP contribution in [-0.4, -0.2) is 0 Å². The molecule has 0 saturated heterocycles. The van der Waals surface area contributed by atoms with Crippen molar-refractivity contribution in [2.24, 2.45) is 0 Å². The maximum absolute atomic E-state index is 4.06. The fourth-order valence-electron chi connectivity index (χ4n) is 0.378. The minimum absolute atomic E-state index is 0. The van der Waals surface area contributed by atoms with E-state index in [0.717, 1.165) is 4.90 Å². The molecule has 2 heteroatoms. The third-order valence-corrected chi connectivity index (χ3v) is 0.999. The van der Waals surface area contributed by atoms with Crippen molar-refractivity contribution in [1.29, 1.82) is 0 Å². The van der Waals surface area contributed by atoms with Gasteiger partial charge in [0.05, 0.1) is 0 Å². The molecule has 0 saturated carbocycles. The number of hydrogen-bond donors (Lipinski definition) is 1. The number of thiol groups is 1. The quantitative estimate of drug-likeness (QED) is 0.537. The largest absolute Gasteiger partial charge is 0.184 e. The van der Waals surface area contributed by atoms with Crippen LogP contribution >= 0.6 is 12.6 Å². The van der Waals surface area contributed by atoms with Crippen molar-refractivity contribution in [3.05, 3.63) is 30.3 Å². The van der Waals surface area contributed by atoms with Crippen molar-refractivity contribution in [1.82, 2.24) is 0 Å². The second-order valence-electron chi connectivity index (χ2n) is 1.26. The molecule has 0 aromatic heterocycles. The topological polar surface area (TPSA) is 0 Å². The Morgan fingerprint density at radius 2 is 1.75 bits per heavy atom. The third-order valence-electron chi connectivity index (χ3n) is 0.701. The second-order valence-corrected chi connectivity index (χ2v) is 1.77. The second kappa shape index (κ2) is 4.50. The van der Waals surface area contributed by atoms with E-state index in [4.69, 9.17) is 0 Å². The Balaban J connectivity index is 0.000000490. The minimum atomic E-state index is 0. The molecule has 0 nitrogen and oxygen atoms in total. The van der Waals surface area contributed by atoms with Gasteiger partial charge in [-0.1, -0.05) is 0 Å². The minimum Gasteiger partial charge on any atom is -0.184 e. The van der Waals surface area contributed by atoms with Crippen LogP contribution in [0.5, 0.6) is 0 Å². The summed E-state index contributed by atoms with van der Waals surface area (Å²) in [7, 11) is 0. The van der Waals surface area contributed by atoms with E-state index in [1.54, 1.807) is 0 Å². The normalized spacial score (nSPS) is 7.62. The molecule has 0 unspecified atom stereocenters. The summed E-state index contributed by atoms with van der Waals surface area (Å²) in [5.74, 6) is 0. The molecule has 0 radical (unpaired) electrons. The maximum Gasteiger partial charge on any atom is 0 e. The molecule has 0 aliphatic heterocycles. The van der Waals surface area contributed by atoms with Crippen LogP contribution in [0.3, 0.4) is 0 Å². The van der Waals surface area contributed by atoms with Crippen LogP contribution in [0.4, 0.5) is 0 Å². The van der Waals surface area contributed by atoms with Gasteiger partial charge in [0.2, 0.25) is 0 Å². The molecule has 1 rings (SSSR count). The van der Waals surface area contributed by atoms with Gasteiger partial charge in [-0.2, -0.15) is 43.0 Å². The molecule has 1 aromatic rings. The summed E-state index contributed by atoms with van der Waals surface area (Å²) in [4.78, 5) is 0.985. The summed E-state index contributed by atoms with van der Waals surface area (Å²) >= 11 is 4.06. The van der Waals surface area contributed by atoms with Crippen molar-refractivity contribution < 1.29 is 31.1 Å². The molecular formula is C6H5SU-. The van der Waals surface area contributed by atoms with E-state index in [1.165, 1.54) is 0 Å². The first-order valence-corrected chi connectivity index (χ1v) is 2.49. The zero-order valence-corrected chi connectivity index (χ0v) is 9.31. The standard InChI is InChI=1S/C6H5S.U/c7-6-4-2-1-3-5-6;/h2-5,7H;/q-1;. The van der Waals surface area contributed by atoms with Gasteiger partial charge in [0.15, 0.2) is 0 Å². The first kappa shape index (κ1) is 8.62. The Labute approximate surface area is 78.5 Å². The third kappa shape index (κ3) is 2.82. The number of hydrogen-bond acceptors (Lipinski definition) is 1. The van der Waals surface area contributed by atoms with Crippen LogP contribution in [0, 0.1) is 37.2 Å². The van der Waals surface area contributed by atoms with Gasteiger partial charge in [-0.05, 0) is 0 Å². The van der Waals surface area contributed by atoms with Gasteiger partial charge in [-0.25, -0.2) is 0 Å². The predicted octanol–water partition coefficient (Wildman–Crippen LogP) is 1.78. The Bertz CT molecular complexity index is 138. The van der Waals surface area contributed by atoms with Crippen molar-refractivity contribution >= 4 is 12.6 Å². The van der Waals surface area contributed by atoms with Crippen LogP contribution < -0.4 is 0 Å². The maximum atomic E-state index is 4.06. The first-order chi connectivity index (χ1) is 3.39. The SMILES string of the molecule is Sc1cc[c-]cc1.[U]. The molecular weight excluding hydrogens is 342 g/mol. The Hall–Kier alpha value is 0.622. The van der Waals surface area contributed by atoms with Crippen molar-refractivity contribution in [3.63, 3.8) is 0 Å². The smallest absolute Gasteiger partial charge is 0 e. The molecule has 1 aromatic carbocycles. The Kier molecular flexibility index (Phi) is 4.85. The molecule has 0 aliphatic rings. The molecule has 8 heavy (non-hydrogen) atoms. The van der Waals surface area contributed by atoms with Gasteiger partial charge < -0.3 is 0 Å². The van der Waals surface area contributed by atoms with E-state index < -0.39 is 0 Å². The van der Waals surface area contributed by atoms with Gasteiger partial charge >= 0.3 is 0 Å². The first-order valence-electron chi connectivity index (χ1n) is 2.04. The van der Waals surface area contributed by atoms with E-state index in [-0.39, 0.29) is 31.1 Å². The number of rotatable bonds is 0. The van der Waals surface area contributed by atoms with Crippen molar-refractivity contribution in [3.8, 4) is 0 Å². The summed E-state index contributed by atoms with van der Waals surface area (Å²) in [6.45, 7) is 0. The molecule has 0 aliphatic carbocycles. The average molecular weight is 347 g/mol. The zero-order valence-electron chi connectivity index (χ0n) is 4.26. The van der Waals surface area contributed by atoms with Gasteiger partial charge in [0, 0.05) is 31.1 Å². The molecule has 0 spiro atoms. The molecule has 0 amide bonds. The average Bonchev–Trinajstić information content (AvgIpc) is 1.69. The monoisotopic (exact) mass is 347 g/mol. The van der Waals surface area contributed by atoms with Crippen LogP contribution in [0.1, 0.15) is 0 Å².